The van der Waals surface area contributed by atoms with Crippen LogP contribution in [-0.2, 0) is 11.3 Å². The maximum atomic E-state index is 11.6. The van der Waals surface area contributed by atoms with Gasteiger partial charge in [-0.05, 0) is 24.5 Å². The number of aliphatic hydroxyl groups excluding tert-OH is 1. The molecule has 1 aliphatic carbocycles. The second-order valence-electron chi connectivity index (χ2n) is 4.91. The van der Waals surface area contributed by atoms with Gasteiger partial charge in [-0.3, -0.25) is 0 Å². The van der Waals surface area contributed by atoms with Crippen LogP contribution in [0.1, 0.15) is 28.8 Å². The molecule has 1 saturated carbocycles. The summed E-state index contributed by atoms with van der Waals surface area (Å²) in [5, 5.41) is 12.5. The van der Waals surface area contributed by atoms with Gasteiger partial charge in [0.1, 0.15) is 0 Å². The Morgan fingerprint density at radius 2 is 2.17 bits per heavy atom. The lowest BCUT2D eigenvalue weighted by Crippen LogP contribution is -2.26. The van der Waals surface area contributed by atoms with E-state index >= 15 is 0 Å². The molecule has 0 spiro atoms. The van der Waals surface area contributed by atoms with Gasteiger partial charge >= 0.3 is 5.97 Å². The maximum absolute atomic E-state index is 11.6. The Morgan fingerprint density at radius 1 is 1.44 bits per heavy atom. The summed E-state index contributed by atoms with van der Waals surface area (Å²) >= 11 is 0. The molecule has 0 atom stereocenters. The number of ether oxygens (including phenoxy) is 1. The van der Waals surface area contributed by atoms with Crippen molar-refractivity contribution >= 4 is 5.97 Å². The van der Waals surface area contributed by atoms with E-state index in [2.05, 4.69) is 5.32 Å². The van der Waals surface area contributed by atoms with Crippen LogP contribution in [0.2, 0.25) is 0 Å². The zero-order valence-electron chi connectivity index (χ0n) is 10.6. The van der Waals surface area contributed by atoms with Gasteiger partial charge in [0.2, 0.25) is 0 Å². The van der Waals surface area contributed by atoms with E-state index in [1.165, 1.54) is 7.11 Å². The van der Waals surface area contributed by atoms with Crippen LogP contribution in [-0.4, -0.2) is 31.3 Å². The van der Waals surface area contributed by atoms with Crippen molar-refractivity contribution in [3.63, 3.8) is 0 Å². The van der Waals surface area contributed by atoms with Gasteiger partial charge in [0.25, 0.3) is 0 Å². The Labute approximate surface area is 107 Å². The Morgan fingerprint density at radius 3 is 2.78 bits per heavy atom. The minimum absolute atomic E-state index is 0.0835. The molecule has 1 aliphatic rings. The van der Waals surface area contributed by atoms with E-state index in [9.17, 15) is 9.90 Å². The average Bonchev–Trinajstić information content (AvgIpc) is 3.19. The SMILES string of the molecule is COC(=O)c1ccccc1CNCC1(CO)CC1. The molecule has 0 aromatic heterocycles. The van der Waals surface area contributed by atoms with Gasteiger partial charge in [0.15, 0.2) is 0 Å². The summed E-state index contributed by atoms with van der Waals surface area (Å²) in [5.41, 5.74) is 1.61. The van der Waals surface area contributed by atoms with Crippen molar-refractivity contribution in [3.05, 3.63) is 35.4 Å². The molecule has 18 heavy (non-hydrogen) atoms. The molecule has 98 valence electrons. The molecule has 4 nitrogen and oxygen atoms in total. The van der Waals surface area contributed by atoms with Gasteiger partial charge < -0.3 is 15.2 Å². The van der Waals surface area contributed by atoms with Crippen LogP contribution in [0.25, 0.3) is 0 Å². The van der Waals surface area contributed by atoms with Crippen LogP contribution in [0, 0.1) is 5.41 Å². The molecule has 1 fully saturated rings. The van der Waals surface area contributed by atoms with E-state index in [-0.39, 0.29) is 18.0 Å². The van der Waals surface area contributed by atoms with Crippen LogP contribution < -0.4 is 5.32 Å². The number of carbonyl (C=O) groups is 1. The zero-order valence-corrected chi connectivity index (χ0v) is 10.6. The molecule has 0 radical (unpaired) electrons. The third-order valence-electron chi connectivity index (χ3n) is 3.53. The van der Waals surface area contributed by atoms with E-state index < -0.39 is 0 Å². The molecule has 0 bridgehead atoms. The summed E-state index contributed by atoms with van der Waals surface area (Å²) in [7, 11) is 1.39. The van der Waals surface area contributed by atoms with Crippen molar-refractivity contribution in [1.29, 1.82) is 0 Å². The number of esters is 1. The first-order chi connectivity index (χ1) is 8.71. The summed E-state index contributed by atoms with van der Waals surface area (Å²) in [4.78, 5) is 11.6. The smallest absolute Gasteiger partial charge is 0.338 e. The molecule has 2 rings (SSSR count). The first-order valence-electron chi connectivity index (χ1n) is 6.18. The zero-order chi connectivity index (χ0) is 13.0. The predicted molar refractivity (Wildman–Crippen MR) is 68.2 cm³/mol. The van der Waals surface area contributed by atoms with Gasteiger partial charge in [0.05, 0.1) is 12.7 Å². The molecule has 0 unspecified atom stereocenters. The number of benzene rings is 1. The highest BCUT2D eigenvalue weighted by Gasteiger charge is 2.41. The molecule has 0 amide bonds. The van der Waals surface area contributed by atoms with Crippen molar-refractivity contribution in [2.75, 3.05) is 20.3 Å². The summed E-state index contributed by atoms with van der Waals surface area (Å²) in [5.74, 6) is -0.310. The molecule has 1 aromatic carbocycles. The molecule has 2 N–H and O–H groups in total. The number of rotatable bonds is 6. The summed E-state index contributed by atoms with van der Waals surface area (Å²) in [6.45, 7) is 1.64. The number of carbonyl (C=O) groups excluding carboxylic acids is 1. The molecule has 0 saturated heterocycles. The highest BCUT2D eigenvalue weighted by molar-refractivity contribution is 5.90. The van der Waals surface area contributed by atoms with E-state index in [1.54, 1.807) is 6.07 Å². The first kappa shape index (κ1) is 13.1. The number of aliphatic hydroxyl groups is 1. The van der Waals surface area contributed by atoms with Gasteiger partial charge in [-0.25, -0.2) is 4.79 Å². The Hall–Kier alpha value is -1.39. The summed E-state index contributed by atoms with van der Waals surface area (Å²) in [6, 6.07) is 7.41. The van der Waals surface area contributed by atoms with Crippen molar-refractivity contribution in [1.82, 2.24) is 5.32 Å². The van der Waals surface area contributed by atoms with Gasteiger partial charge in [-0.2, -0.15) is 0 Å². The fraction of sp³-hybridized carbons (Fsp3) is 0.500. The number of hydrogen-bond donors (Lipinski definition) is 2. The minimum atomic E-state index is -0.310. The largest absolute Gasteiger partial charge is 0.465 e. The highest BCUT2D eigenvalue weighted by atomic mass is 16.5. The Bertz CT molecular complexity index is 427. The predicted octanol–water partition coefficient (Wildman–Crippen LogP) is 1.34. The van der Waals surface area contributed by atoms with Crippen LogP contribution >= 0.6 is 0 Å². The maximum Gasteiger partial charge on any atom is 0.338 e. The standard InChI is InChI=1S/C14H19NO3/c1-18-13(17)12-5-3-2-4-11(12)8-15-9-14(10-16)6-7-14/h2-5,15-16H,6-10H2,1H3. The number of methoxy groups -OCH3 is 1. The topological polar surface area (TPSA) is 58.6 Å². The van der Waals surface area contributed by atoms with Crippen LogP contribution in [0.5, 0.6) is 0 Å². The van der Waals surface area contributed by atoms with E-state index in [0.717, 1.165) is 24.9 Å². The second kappa shape index (κ2) is 5.50. The lowest BCUT2D eigenvalue weighted by atomic mass is 10.1. The lowest BCUT2D eigenvalue weighted by Gasteiger charge is -2.14. The Balaban J connectivity index is 1.94. The second-order valence-corrected chi connectivity index (χ2v) is 4.91. The van der Waals surface area contributed by atoms with E-state index in [0.29, 0.717) is 12.1 Å². The molecule has 0 heterocycles. The van der Waals surface area contributed by atoms with Crippen LogP contribution in [0.15, 0.2) is 24.3 Å². The molecular weight excluding hydrogens is 230 g/mol. The normalized spacial score (nSPS) is 16.3. The van der Waals surface area contributed by atoms with Crippen LogP contribution in [0.3, 0.4) is 0 Å². The van der Waals surface area contributed by atoms with Gasteiger partial charge in [0, 0.05) is 25.1 Å². The minimum Gasteiger partial charge on any atom is -0.465 e. The highest BCUT2D eigenvalue weighted by Crippen LogP contribution is 2.44. The third kappa shape index (κ3) is 2.89. The van der Waals surface area contributed by atoms with Crippen LogP contribution in [0.4, 0.5) is 0 Å². The molecular formula is C14H19NO3. The number of nitrogens with one attached hydrogen (secondary N) is 1. The number of hydrogen-bond acceptors (Lipinski definition) is 4. The Kier molecular flexibility index (Phi) is 3.99. The van der Waals surface area contributed by atoms with Crippen molar-refractivity contribution < 1.29 is 14.6 Å². The van der Waals surface area contributed by atoms with Gasteiger partial charge in [-0.1, -0.05) is 18.2 Å². The van der Waals surface area contributed by atoms with Crippen molar-refractivity contribution in [2.24, 2.45) is 5.41 Å². The average molecular weight is 249 g/mol. The van der Waals surface area contributed by atoms with Crippen molar-refractivity contribution in [2.45, 2.75) is 19.4 Å². The molecule has 0 aliphatic heterocycles. The first-order valence-corrected chi connectivity index (χ1v) is 6.18. The molecule has 1 aromatic rings. The summed E-state index contributed by atoms with van der Waals surface area (Å²) in [6.07, 6.45) is 2.16. The quantitative estimate of drug-likeness (QED) is 0.747. The lowest BCUT2D eigenvalue weighted by molar-refractivity contribution is 0.0599. The fourth-order valence-electron chi connectivity index (χ4n) is 2.01. The van der Waals surface area contributed by atoms with Crippen molar-refractivity contribution in [3.8, 4) is 0 Å². The molecule has 4 heteroatoms. The third-order valence-corrected chi connectivity index (χ3v) is 3.53. The monoisotopic (exact) mass is 249 g/mol. The van der Waals surface area contributed by atoms with E-state index in [4.69, 9.17) is 4.74 Å². The summed E-state index contributed by atoms with van der Waals surface area (Å²) < 4.78 is 4.75. The van der Waals surface area contributed by atoms with Gasteiger partial charge in [-0.15, -0.1) is 0 Å². The fourth-order valence-corrected chi connectivity index (χ4v) is 2.01. The van der Waals surface area contributed by atoms with E-state index in [1.807, 2.05) is 18.2 Å².